The van der Waals surface area contributed by atoms with Gasteiger partial charge in [-0.05, 0) is 29.8 Å². The monoisotopic (exact) mass is 521 g/mol. The third-order valence-electron chi connectivity index (χ3n) is 5.09. The van der Waals surface area contributed by atoms with E-state index in [4.69, 9.17) is 9.47 Å². The average molecular weight is 522 g/mol. The van der Waals surface area contributed by atoms with Gasteiger partial charge in [0.05, 0.1) is 20.0 Å². The molecule has 0 unspecified atom stereocenters. The lowest BCUT2D eigenvalue weighted by atomic mass is 10.0. The standard InChI is InChI=1S/C25H23N5O4S2/c1-4-13-30-22(19-7-5-6-12-26-19)28-29-25(30)36-15-20(31)27-23-21(24(32)34-3)18(14-35-23)16-8-10-17(33-2)11-9-16/h4-12,14H,1,13,15H2,2-3H3,(H,27,31). The van der Waals surface area contributed by atoms with Crippen molar-refractivity contribution < 1.29 is 19.1 Å². The Morgan fingerprint density at radius 1 is 1.17 bits per heavy atom. The molecule has 36 heavy (non-hydrogen) atoms. The fraction of sp³-hybridized carbons (Fsp3) is 0.160. The van der Waals surface area contributed by atoms with Gasteiger partial charge >= 0.3 is 5.97 Å². The van der Waals surface area contributed by atoms with Crippen molar-refractivity contribution in [1.29, 1.82) is 0 Å². The Kier molecular flexibility index (Phi) is 8.13. The zero-order valence-electron chi connectivity index (χ0n) is 19.6. The highest BCUT2D eigenvalue weighted by Gasteiger charge is 2.23. The van der Waals surface area contributed by atoms with Gasteiger partial charge in [-0.25, -0.2) is 4.79 Å². The first-order valence-corrected chi connectivity index (χ1v) is 12.6. The molecule has 0 aliphatic carbocycles. The highest BCUT2D eigenvalue weighted by atomic mass is 32.2. The van der Waals surface area contributed by atoms with Crippen molar-refractivity contribution >= 4 is 40.0 Å². The molecule has 3 aromatic heterocycles. The molecule has 4 rings (SSSR count). The molecule has 1 aromatic carbocycles. The van der Waals surface area contributed by atoms with Crippen LogP contribution in [-0.2, 0) is 16.1 Å². The number of amides is 1. The quantitative estimate of drug-likeness (QED) is 0.180. The van der Waals surface area contributed by atoms with Crippen LogP contribution in [0.3, 0.4) is 0 Å². The molecule has 3 heterocycles. The van der Waals surface area contributed by atoms with Gasteiger partial charge in [0.25, 0.3) is 0 Å². The van der Waals surface area contributed by atoms with Gasteiger partial charge in [-0.3, -0.25) is 14.3 Å². The van der Waals surface area contributed by atoms with Gasteiger partial charge in [0.2, 0.25) is 5.91 Å². The van der Waals surface area contributed by atoms with E-state index >= 15 is 0 Å². The van der Waals surface area contributed by atoms with Crippen LogP contribution in [0.5, 0.6) is 5.75 Å². The lowest BCUT2D eigenvalue weighted by Gasteiger charge is -2.09. The smallest absolute Gasteiger partial charge is 0.341 e. The number of methoxy groups -OCH3 is 2. The van der Waals surface area contributed by atoms with Gasteiger partial charge in [-0.15, -0.1) is 28.1 Å². The molecule has 0 aliphatic rings. The maximum atomic E-state index is 12.8. The number of esters is 1. The summed E-state index contributed by atoms with van der Waals surface area (Å²) in [5, 5.41) is 14.1. The zero-order valence-corrected chi connectivity index (χ0v) is 21.3. The minimum Gasteiger partial charge on any atom is -0.497 e. The predicted molar refractivity (Wildman–Crippen MR) is 140 cm³/mol. The number of rotatable bonds is 10. The third-order valence-corrected chi connectivity index (χ3v) is 6.95. The van der Waals surface area contributed by atoms with Gasteiger partial charge in [0, 0.05) is 23.7 Å². The number of allylic oxidation sites excluding steroid dienone is 1. The van der Waals surface area contributed by atoms with Gasteiger partial charge in [0.15, 0.2) is 11.0 Å². The number of benzene rings is 1. The molecule has 11 heteroatoms. The molecule has 0 atom stereocenters. The Labute approximate surface area is 216 Å². The number of thiophene rings is 1. The number of hydrogen-bond donors (Lipinski definition) is 1. The Balaban J connectivity index is 1.51. The first kappa shape index (κ1) is 25.1. The second kappa shape index (κ2) is 11.6. The number of carbonyl (C=O) groups excluding carboxylic acids is 2. The maximum Gasteiger partial charge on any atom is 0.341 e. The second-order valence-corrected chi connectivity index (χ2v) is 9.15. The summed E-state index contributed by atoms with van der Waals surface area (Å²) < 4.78 is 12.0. The lowest BCUT2D eigenvalue weighted by Crippen LogP contribution is -2.16. The van der Waals surface area contributed by atoms with Gasteiger partial charge < -0.3 is 14.8 Å². The Hall–Kier alpha value is -3.96. The first-order valence-electron chi connectivity index (χ1n) is 10.8. The summed E-state index contributed by atoms with van der Waals surface area (Å²) in [6, 6.07) is 12.8. The number of thioether (sulfide) groups is 1. The summed E-state index contributed by atoms with van der Waals surface area (Å²) in [7, 11) is 2.90. The van der Waals surface area contributed by atoms with Crippen LogP contribution in [0.1, 0.15) is 10.4 Å². The molecule has 0 saturated heterocycles. The number of hydrogen-bond acceptors (Lipinski definition) is 9. The SMILES string of the molecule is C=CCn1c(SCC(=O)Nc2scc(-c3ccc(OC)cc3)c2C(=O)OC)nnc1-c1ccccn1. The van der Waals surface area contributed by atoms with E-state index in [9.17, 15) is 9.59 Å². The largest absolute Gasteiger partial charge is 0.497 e. The Morgan fingerprint density at radius 3 is 2.64 bits per heavy atom. The molecule has 0 radical (unpaired) electrons. The van der Waals surface area contributed by atoms with Crippen LogP contribution in [-0.4, -0.2) is 51.6 Å². The molecule has 0 saturated carbocycles. The van der Waals surface area contributed by atoms with Crippen molar-refractivity contribution in [2.24, 2.45) is 0 Å². The molecule has 4 aromatic rings. The van der Waals surface area contributed by atoms with E-state index in [1.165, 1.54) is 30.2 Å². The van der Waals surface area contributed by atoms with Crippen LogP contribution in [0.4, 0.5) is 5.00 Å². The second-order valence-electron chi connectivity index (χ2n) is 7.33. The van der Waals surface area contributed by atoms with Gasteiger partial charge in [0.1, 0.15) is 22.0 Å². The Bertz CT molecular complexity index is 1370. The number of ether oxygens (including phenoxy) is 2. The first-order chi connectivity index (χ1) is 17.5. The fourth-order valence-electron chi connectivity index (χ4n) is 3.40. The maximum absolute atomic E-state index is 12.8. The molecule has 0 fully saturated rings. The van der Waals surface area contributed by atoms with Crippen LogP contribution in [0, 0.1) is 0 Å². The van der Waals surface area contributed by atoms with Crippen LogP contribution in [0.2, 0.25) is 0 Å². The van der Waals surface area contributed by atoms with Crippen LogP contribution < -0.4 is 10.1 Å². The molecule has 0 bridgehead atoms. The molecule has 184 valence electrons. The fourth-order valence-corrected chi connectivity index (χ4v) is 5.13. The highest BCUT2D eigenvalue weighted by Crippen LogP contribution is 2.37. The minimum atomic E-state index is -0.532. The van der Waals surface area contributed by atoms with Crippen molar-refractivity contribution in [3.8, 4) is 28.4 Å². The van der Waals surface area contributed by atoms with Crippen LogP contribution in [0.15, 0.2) is 71.9 Å². The number of aromatic nitrogens is 4. The van der Waals surface area contributed by atoms with Gasteiger partial charge in [-0.2, -0.15) is 0 Å². The summed E-state index contributed by atoms with van der Waals surface area (Å²) in [6.07, 6.45) is 3.41. The van der Waals surface area contributed by atoms with Crippen LogP contribution >= 0.6 is 23.1 Å². The summed E-state index contributed by atoms with van der Waals surface area (Å²) in [5.41, 5.74) is 2.46. The topological polar surface area (TPSA) is 108 Å². The predicted octanol–water partition coefficient (Wildman–Crippen LogP) is 4.78. The molecule has 9 nitrogen and oxygen atoms in total. The summed E-state index contributed by atoms with van der Waals surface area (Å²) >= 11 is 2.49. The van der Waals surface area contributed by atoms with Crippen LogP contribution in [0.25, 0.3) is 22.6 Å². The van der Waals surface area contributed by atoms with Crippen molar-refractivity contribution in [3.63, 3.8) is 0 Å². The zero-order chi connectivity index (χ0) is 25.5. The molecule has 1 amide bonds. The average Bonchev–Trinajstić information content (AvgIpc) is 3.52. The minimum absolute atomic E-state index is 0.0634. The third kappa shape index (κ3) is 5.47. The number of anilines is 1. The molecule has 0 spiro atoms. The summed E-state index contributed by atoms with van der Waals surface area (Å²) in [4.78, 5) is 29.8. The van der Waals surface area contributed by atoms with E-state index in [0.29, 0.717) is 45.1 Å². The number of pyridine rings is 1. The lowest BCUT2D eigenvalue weighted by molar-refractivity contribution is -0.113. The summed E-state index contributed by atoms with van der Waals surface area (Å²) in [5.74, 6) is 0.536. The van der Waals surface area contributed by atoms with Gasteiger partial charge in [-0.1, -0.05) is 36.0 Å². The number of nitrogens with one attached hydrogen (secondary N) is 1. The molecular weight excluding hydrogens is 498 g/mol. The van der Waals surface area contributed by atoms with E-state index in [-0.39, 0.29) is 11.7 Å². The molecule has 0 aliphatic heterocycles. The van der Waals surface area contributed by atoms with E-state index in [2.05, 4.69) is 27.1 Å². The molecule has 1 N–H and O–H groups in total. The normalized spacial score (nSPS) is 10.6. The number of carbonyl (C=O) groups is 2. The molecular formula is C25H23N5O4S2. The number of nitrogens with zero attached hydrogens (tertiary/aromatic N) is 4. The summed E-state index contributed by atoms with van der Waals surface area (Å²) in [6.45, 7) is 4.26. The van der Waals surface area contributed by atoms with E-state index in [0.717, 1.165) is 5.56 Å². The van der Waals surface area contributed by atoms with E-state index in [1.54, 1.807) is 19.4 Å². The van der Waals surface area contributed by atoms with E-state index in [1.807, 2.05) is 52.4 Å². The van der Waals surface area contributed by atoms with Crippen molar-refractivity contribution in [3.05, 3.63) is 72.3 Å². The van der Waals surface area contributed by atoms with Crippen molar-refractivity contribution in [1.82, 2.24) is 19.7 Å². The van der Waals surface area contributed by atoms with Crippen molar-refractivity contribution in [2.75, 3.05) is 25.3 Å². The Morgan fingerprint density at radius 2 is 1.97 bits per heavy atom. The highest BCUT2D eigenvalue weighted by molar-refractivity contribution is 7.99. The van der Waals surface area contributed by atoms with E-state index < -0.39 is 5.97 Å². The van der Waals surface area contributed by atoms with Crippen molar-refractivity contribution in [2.45, 2.75) is 11.7 Å².